The second-order valence-corrected chi connectivity index (χ2v) is 10.6. The Morgan fingerprint density at radius 3 is 1.81 bits per heavy atom. The Bertz CT molecular complexity index is 1740. The Kier molecular flexibility index (Phi) is 7.73. The van der Waals surface area contributed by atoms with Gasteiger partial charge >= 0.3 is 0 Å². The Labute approximate surface area is 250 Å². The minimum atomic E-state index is -0.922. The molecule has 0 unspecified atom stereocenters. The molecule has 7 nitrogen and oxygen atoms in total. The summed E-state index contributed by atoms with van der Waals surface area (Å²) in [6, 6.07) is 42.0. The van der Waals surface area contributed by atoms with Gasteiger partial charge in [-0.25, -0.2) is 4.68 Å². The van der Waals surface area contributed by atoms with E-state index in [1.165, 1.54) is 0 Å². The number of rotatable bonds is 9. The van der Waals surface area contributed by atoms with Crippen LogP contribution in [-0.4, -0.2) is 25.8 Å². The van der Waals surface area contributed by atoms with Crippen molar-refractivity contribution in [2.75, 3.05) is 5.73 Å². The van der Waals surface area contributed by atoms with Gasteiger partial charge in [0.05, 0.1) is 41.4 Å². The second kappa shape index (κ2) is 11.9. The lowest BCUT2D eigenvalue weighted by Crippen LogP contribution is -2.38. The summed E-state index contributed by atoms with van der Waals surface area (Å²) < 4.78 is 1.92. The summed E-state index contributed by atoms with van der Waals surface area (Å²) in [6.45, 7) is 1.60. The Morgan fingerprint density at radius 1 is 0.837 bits per heavy atom. The maximum atomic E-state index is 13.2. The molecule has 0 spiro atoms. The predicted molar refractivity (Wildman–Crippen MR) is 169 cm³/mol. The number of benzene rings is 4. The maximum absolute atomic E-state index is 13.2. The van der Waals surface area contributed by atoms with E-state index in [1.54, 1.807) is 0 Å². The van der Waals surface area contributed by atoms with Crippen LogP contribution in [0, 0.1) is 0 Å². The third-order valence-electron chi connectivity index (χ3n) is 7.88. The van der Waals surface area contributed by atoms with Crippen molar-refractivity contribution in [2.45, 2.75) is 31.5 Å². The monoisotopic (exact) mass is 567 g/mol. The number of carbonyl (C=O) groups excluding carboxylic acids is 1. The Morgan fingerprint density at radius 2 is 1.33 bits per heavy atom. The maximum Gasteiger partial charge on any atom is 0.226 e. The highest BCUT2D eigenvalue weighted by Gasteiger charge is 2.41. The lowest BCUT2D eigenvalue weighted by molar-refractivity contribution is -0.121. The number of nitrogens with zero attached hydrogens (tertiary/aromatic N) is 3. The molecule has 0 aliphatic carbocycles. The molecule has 0 radical (unpaired) electrons. The summed E-state index contributed by atoms with van der Waals surface area (Å²) in [4.78, 5) is 17.9. The number of amides is 1. The largest absolute Gasteiger partial charge is 0.390 e. The van der Waals surface area contributed by atoms with E-state index in [9.17, 15) is 9.90 Å². The van der Waals surface area contributed by atoms with Crippen molar-refractivity contribution in [3.8, 4) is 0 Å². The number of pyridine rings is 1. The average Bonchev–Trinajstić information content (AvgIpc) is 3.39. The quantitative estimate of drug-likeness (QED) is 0.193. The third-order valence-corrected chi connectivity index (χ3v) is 7.88. The zero-order chi connectivity index (χ0) is 29.8. The Balaban J connectivity index is 1.55. The second-order valence-electron chi connectivity index (χ2n) is 10.6. The number of nitrogen functional groups attached to an aromatic ring is 1. The molecule has 1 amide bonds. The van der Waals surface area contributed by atoms with Gasteiger partial charge in [-0.05, 0) is 35.2 Å². The highest BCUT2D eigenvalue weighted by Crippen LogP contribution is 2.43. The normalized spacial score (nSPS) is 12.2. The van der Waals surface area contributed by atoms with Crippen molar-refractivity contribution >= 4 is 22.6 Å². The zero-order valence-corrected chi connectivity index (χ0v) is 23.9. The molecule has 7 heteroatoms. The number of aliphatic hydroxyl groups excluding tert-OH is 1. The van der Waals surface area contributed by atoms with Gasteiger partial charge in [0.15, 0.2) is 5.82 Å². The van der Waals surface area contributed by atoms with Gasteiger partial charge < -0.3 is 16.2 Å². The first-order chi connectivity index (χ1) is 21.0. The molecule has 2 heterocycles. The summed E-state index contributed by atoms with van der Waals surface area (Å²) in [5, 5.41) is 19.0. The summed E-state index contributed by atoms with van der Waals surface area (Å²) in [7, 11) is 0. The van der Waals surface area contributed by atoms with Crippen LogP contribution >= 0.6 is 0 Å². The van der Waals surface area contributed by atoms with Crippen LogP contribution < -0.4 is 11.1 Å². The van der Waals surface area contributed by atoms with Crippen LogP contribution in [-0.2, 0) is 23.4 Å². The number of aromatic nitrogens is 3. The number of fused-ring (bicyclic) bond motifs is 1. The summed E-state index contributed by atoms with van der Waals surface area (Å²) in [5.41, 5.74) is 11.2. The van der Waals surface area contributed by atoms with Gasteiger partial charge in [0, 0.05) is 0 Å². The molecule has 2 aromatic heterocycles. The van der Waals surface area contributed by atoms with Gasteiger partial charge in [0.2, 0.25) is 5.91 Å². The van der Waals surface area contributed by atoms with Crippen molar-refractivity contribution in [1.82, 2.24) is 20.1 Å². The number of carbonyl (C=O) groups is 1. The van der Waals surface area contributed by atoms with Crippen molar-refractivity contribution < 1.29 is 9.90 Å². The minimum absolute atomic E-state index is 0.0280. The highest BCUT2D eigenvalue weighted by molar-refractivity contribution is 5.93. The SMILES string of the molecule is C[C@@H](NC(=O)Cc1cc2c(c(N)nn2C(c2ccccc2)(c2ccccc2)c2ccccc2)c(CO)n1)c1ccccc1. The molecule has 214 valence electrons. The predicted octanol–water partition coefficient (Wildman–Crippen LogP) is 5.77. The highest BCUT2D eigenvalue weighted by atomic mass is 16.3. The van der Waals surface area contributed by atoms with E-state index in [0.29, 0.717) is 22.3 Å². The number of anilines is 1. The molecule has 0 bridgehead atoms. The minimum Gasteiger partial charge on any atom is -0.390 e. The third kappa shape index (κ3) is 5.15. The molecule has 0 saturated heterocycles. The zero-order valence-electron chi connectivity index (χ0n) is 23.9. The van der Waals surface area contributed by atoms with Gasteiger partial charge in [0.1, 0.15) is 5.54 Å². The van der Waals surface area contributed by atoms with Crippen LogP contribution in [0.25, 0.3) is 10.9 Å². The first-order valence-corrected chi connectivity index (χ1v) is 14.3. The van der Waals surface area contributed by atoms with E-state index in [1.807, 2.05) is 103 Å². The molecule has 0 fully saturated rings. The van der Waals surface area contributed by atoms with E-state index in [-0.39, 0.29) is 30.8 Å². The fourth-order valence-electron chi connectivity index (χ4n) is 5.94. The average molecular weight is 568 g/mol. The summed E-state index contributed by atoms with van der Waals surface area (Å²) >= 11 is 0. The molecular formula is C36H33N5O2. The molecule has 0 saturated carbocycles. The van der Waals surface area contributed by atoms with Gasteiger partial charge in [0.25, 0.3) is 0 Å². The Hall–Kier alpha value is -5.27. The lowest BCUT2D eigenvalue weighted by Gasteiger charge is -2.37. The number of aliphatic hydroxyl groups is 1. The van der Waals surface area contributed by atoms with Crippen molar-refractivity contribution in [2.24, 2.45) is 0 Å². The number of nitrogens with one attached hydrogen (secondary N) is 1. The van der Waals surface area contributed by atoms with Crippen LogP contribution in [0.2, 0.25) is 0 Å². The molecule has 1 atom stereocenters. The molecule has 4 N–H and O–H groups in total. The van der Waals surface area contributed by atoms with Crippen LogP contribution in [0.5, 0.6) is 0 Å². The van der Waals surface area contributed by atoms with Gasteiger partial charge in [-0.1, -0.05) is 121 Å². The molecular weight excluding hydrogens is 534 g/mol. The van der Waals surface area contributed by atoms with Crippen molar-refractivity contribution in [1.29, 1.82) is 0 Å². The van der Waals surface area contributed by atoms with Crippen LogP contribution in [0.3, 0.4) is 0 Å². The number of hydrogen-bond donors (Lipinski definition) is 3. The van der Waals surface area contributed by atoms with Gasteiger partial charge in [-0.2, -0.15) is 5.10 Å². The van der Waals surface area contributed by atoms with E-state index in [4.69, 9.17) is 10.8 Å². The van der Waals surface area contributed by atoms with Crippen LogP contribution in [0.15, 0.2) is 127 Å². The smallest absolute Gasteiger partial charge is 0.226 e. The van der Waals surface area contributed by atoms with Crippen LogP contribution in [0.4, 0.5) is 5.82 Å². The molecule has 6 rings (SSSR count). The fourth-order valence-corrected chi connectivity index (χ4v) is 5.94. The van der Waals surface area contributed by atoms with E-state index in [0.717, 1.165) is 22.3 Å². The van der Waals surface area contributed by atoms with E-state index >= 15 is 0 Å². The molecule has 6 aromatic rings. The first-order valence-electron chi connectivity index (χ1n) is 14.3. The molecule has 0 aliphatic heterocycles. The molecule has 4 aromatic carbocycles. The topological polar surface area (TPSA) is 106 Å². The van der Waals surface area contributed by atoms with Crippen molar-refractivity contribution in [3.05, 3.63) is 161 Å². The first kappa shape index (κ1) is 27.9. The number of nitrogens with two attached hydrogens (primary N) is 1. The van der Waals surface area contributed by atoms with E-state index < -0.39 is 5.54 Å². The fraction of sp³-hybridized carbons (Fsp3) is 0.139. The lowest BCUT2D eigenvalue weighted by atomic mass is 9.77. The summed E-state index contributed by atoms with van der Waals surface area (Å²) in [5.74, 6) is 0.0824. The summed E-state index contributed by atoms with van der Waals surface area (Å²) in [6.07, 6.45) is 0.0280. The standard InChI is InChI=1S/C36H33N5O2/c1-25(26-14-6-2-7-15-26)38-33(43)23-30-22-32-34(31(24-42)39-30)35(37)40-41(32)36(27-16-8-3-9-17-27,28-18-10-4-11-19-28)29-20-12-5-13-21-29/h2-22,25,42H,23-24H2,1H3,(H2,37,40)(H,38,43)/t25-/m1/s1. The van der Waals surface area contributed by atoms with Gasteiger partial charge in [-0.15, -0.1) is 0 Å². The molecule has 0 aliphatic rings. The van der Waals surface area contributed by atoms with E-state index in [2.05, 4.69) is 46.7 Å². The van der Waals surface area contributed by atoms with Gasteiger partial charge in [-0.3, -0.25) is 9.78 Å². The molecule has 43 heavy (non-hydrogen) atoms. The van der Waals surface area contributed by atoms with Crippen LogP contribution in [0.1, 0.15) is 46.6 Å². The van der Waals surface area contributed by atoms with Crippen molar-refractivity contribution in [3.63, 3.8) is 0 Å². The number of hydrogen-bond acceptors (Lipinski definition) is 5.